The number of ether oxygens (including phenoxy) is 1. The second-order valence-electron chi connectivity index (χ2n) is 5.14. The summed E-state index contributed by atoms with van der Waals surface area (Å²) in [6.45, 7) is 2.86. The molecule has 1 aliphatic rings. The van der Waals surface area contributed by atoms with E-state index in [1.54, 1.807) is 0 Å². The highest BCUT2D eigenvalue weighted by Gasteiger charge is 2.21. The molecule has 2 nitrogen and oxygen atoms in total. The van der Waals surface area contributed by atoms with Crippen LogP contribution in [-0.4, -0.2) is 6.10 Å². The van der Waals surface area contributed by atoms with Crippen molar-refractivity contribution in [2.75, 3.05) is 0 Å². The summed E-state index contributed by atoms with van der Waals surface area (Å²) in [6, 6.07) is 6.11. The summed E-state index contributed by atoms with van der Waals surface area (Å²) in [4.78, 5) is 0. The van der Waals surface area contributed by atoms with Gasteiger partial charge in [-0.05, 0) is 65.2 Å². The van der Waals surface area contributed by atoms with Crippen molar-refractivity contribution in [3.05, 3.63) is 28.2 Å². The average molecular weight is 312 g/mol. The van der Waals surface area contributed by atoms with E-state index in [0.717, 1.165) is 21.7 Å². The van der Waals surface area contributed by atoms with Gasteiger partial charge < -0.3 is 10.5 Å². The van der Waals surface area contributed by atoms with E-state index >= 15 is 0 Å². The van der Waals surface area contributed by atoms with Crippen LogP contribution < -0.4 is 10.5 Å². The van der Waals surface area contributed by atoms with Crippen molar-refractivity contribution in [3.8, 4) is 5.75 Å². The highest BCUT2D eigenvalue weighted by Crippen LogP contribution is 2.32. The van der Waals surface area contributed by atoms with E-state index in [1.165, 1.54) is 32.1 Å². The monoisotopic (exact) mass is 311 g/mol. The molecule has 0 spiro atoms. The minimum atomic E-state index is 0.382. The van der Waals surface area contributed by atoms with E-state index < -0.39 is 0 Å². The first-order chi connectivity index (χ1) is 8.72. The standard InChI is InChI=1S/C15H22BrNO/c1-2-11-3-6-13(7-4-11)18-15-8-5-12(10-17)9-14(15)16/h5,8-9,11,13H,2-4,6-7,10,17H2,1H3. The molecule has 18 heavy (non-hydrogen) atoms. The molecule has 1 saturated carbocycles. The summed E-state index contributed by atoms with van der Waals surface area (Å²) in [5, 5.41) is 0. The van der Waals surface area contributed by atoms with Gasteiger partial charge >= 0.3 is 0 Å². The van der Waals surface area contributed by atoms with Crippen molar-refractivity contribution >= 4 is 15.9 Å². The van der Waals surface area contributed by atoms with E-state index in [0.29, 0.717) is 12.6 Å². The van der Waals surface area contributed by atoms with Crippen molar-refractivity contribution in [2.45, 2.75) is 51.7 Å². The van der Waals surface area contributed by atoms with Gasteiger partial charge in [0.1, 0.15) is 5.75 Å². The number of halogens is 1. The van der Waals surface area contributed by atoms with E-state index in [1.807, 2.05) is 18.2 Å². The highest BCUT2D eigenvalue weighted by molar-refractivity contribution is 9.10. The molecule has 1 aliphatic carbocycles. The van der Waals surface area contributed by atoms with Crippen LogP contribution in [0.2, 0.25) is 0 Å². The quantitative estimate of drug-likeness (QED) is 0.902. The largest absolute Gasteiger partial charge is 0.489 e. The Hall–Kier alpha value is -0.540. The van der Waals surface area contributed by atoms with E-state index in [2.05, 4.69) is 22.9 Å². The fraction of sp³-hybridized carbons (Fsp3) is 0.600. The first kappa shape index (κ1) is 13.9. The maximum Gasteiger partial charge on any atom is 0.133 e. The molecular formula is C15H22BrNO. The second kappa shape index (κ2) is 6.58. The summed E-state index contributed by atoms with van der Waals surface area (Å²) >= 11 is 3.56. The fourth-order valence-electron chi connectivity index (χ4n) is 2.60. The number of hydrogen-bond acceptors (Lipinski definition) is 2. The zero-order valence-corrected chi connectivity index (χ0v) is 12.6. The van der Waals surface area contributed by atoms with E-state index in [-0.39, 0.29) is 0 Å². The van der Waals surface area contributed by atoms with Crippen molar-refractivity contribution in [2.24, 2.45) is 11.7 Å². The molecule has 0 atom stereocenters. The van der Waals surface area contributed by atoms with Gasteiger partial charge in [-0.15, -0.1) is 0 Å². The van der Waals surface area contributed by atoms with Crippen LogP contribution in [0.25, 0.3) is 0 Å². The van der Waals surface area contributed by atoms with Gasteiger partial charge in [0.2, 0.25) is 0 Å². The number of nitrogens with two attached hydrogens (primary N) is 1. The zero-order valence-electron chi connectivity index (χ0n) is 11.0. The molecule has 2 rings (SSSR count). The van der Waals surface area contributed by atoms with Crippen LogP contribution in [0.3, 0.4) is 0 Å². The van der Waals surface area contributed by atoms with Gasteiger partial charge in [-0.2, -0.15) is 0 Å². The molecule has 0 saturated heterocycles. The summed E-state index contributed by atoms with van der Waals surface area (Å²) < 4.78 is 7.11. The lowest BCUT2D eigenvalue weighted by molar-refractivity contribution is 0.129. The highest BCUT2D eigenvalue weighted by atomic mass is 79.9. The summed E-state index contributed by atoms with van der Waals surface area (Å²) in [5.41, 5.74) is 6.75. The Morgan fingerprint density at radius 2 is 2.00 bits per heavy atom. The molecule has 3 heteroatoms. The van der Waals surface area contributed by atoms with Gasteiger partial charge in [0.25, 0.3) is 0 Å². The Labute approximate surface area is 118 Å². The molecule has 1 fully saturated rings. The first-order valence-electron chi connectivity index (χ1n) is 6.88. The number of benzene rings is 1. The lowest BCUT2D eigenvalue weighted by atomic mass is 9.86. The van der Waals surface area contributed by atoms with Crippen molar-refractivity contribution < 1.29 is 4.74 Å². The van der Waals surface area contributed by atoms with Crippen molar-refractivity contribution in [1.82, 2.24) is 0 Å². The predicted molar refractivity (Wildman–Crippen MR) is 78.7 cm³/mol. The van der Waals surface area contributed by atoms with E-state index in [9.17, 15) is 0 Å². The van der Waals surface area contributed by atoms with Gasteiger partial charge in [-0.25, -0.2) is 0 Å². The van der Waals surface area contributed by atoms with Crippen LogP contribution in [0, 0.1) is 5.92 Å². The molecule has 0 amide bonds. The Bertz CT molecular complexity index is 386. The molecule has 0 radical (unpaired) electrons. The van der Waals surface area contributed by atoms with Gasteiger partial charge in [0, 0.05) is 6.54 Å². The third kappa shape index (κ3) is 3.48. The van der Waals surface area contributed by atoms with Crippen LogP contribution >= 0.6 is 15.9 Å². The van der Waals surface area contributed by atoms with Crippen LogP contribution in [0.5, 0.6) is 5.75 Å². The normalized spacial score (nSPS) is 23.9. The van der Waals surface area contributed by atoms with Crippen LogP contribution in [0.1, 0.15) is 44.6 Å². The smallest absolute Gasteiger partial charge is 0.133 e. The summed E-state index contributed by atoms with van der Waals surface area (Å²) in [5.74, 6) is 1.86. The minimum absolute atomic E-state index is 0.382. The molecular weight excluding hydrogens is 290 g/mol. The topological polar surface area (TPSA) is 35.2 Å². The predicted octanol–water partition coefficient (Wildman–Crippen LogP) is 4.26. The van der Waals surface area contributed by atoms with E-state index in [4.69, 9.17) is 10.5 Å². The third-order valence-electron chi connectivity index (χ3n) is 3.90. The molecule has 0 aliphatic heterocycles. The zero-order chi connectivity index (χ0) is 13.0. The Balaban J connectivity index is 1.94. The number of rotatable bonds is 4. The van der Waals surface area contributed by atoms with Gasteiger partial charge in [0.05, 0.1) is 10.6 Å². The average Bonchev–Trinajstić information content (AvgIpc) is 2.42. The molecule has 0 unspecified atom stereocenters. The molecule has 1 aromatic carbocycles. The molecule has 100 valence electrons. The lowest BCUT2D eigenvalue weighted by Gasteiger charge is -2.28. The molecule has 0 heterocycles. The van der Waals surface area contributed by atoms with Gasteiger partial charge in [0.15, 0.2) is 0 Å². The summed E-state index contributed by atoms with van der Waals surface area (Å²) in [7, 11) is 0. The van der Waals surface area contributed by atoms with Crippen LogP contribution in [-0.2, 0) is 6.54 Å². The molecule has 0 bridgehead atoms. The fourth-order valence-corrected chi connectivity index (χ4v) is 3.12. The van der Waals surface area contributed by atoms with Gasteiger partial charge in [-0.3, -0.25) is 0 Å². The SMILES string of the molecule is CCC1CCC(Oc2ccc(CN)cc2Br)CC1. The maximum atomic E-state index is 6.09. The van der Waals surface area contributed by atoms with Crippen molar-refractivity contribution in [3.63, 3.8) is 0 Å². The third-order valence-corrected chi connectivity index (χ3v) is 4.52. The summed E-state index contributed by atoms with van der Waals surface area (Å²) in [6.07, 6.45) is 6.67. The Morgan fingerprint density at radius 3 is 2.56 bits per heavy atom. The molecule has 1 aromatic rings. The minimum Gasteiger partial charge on any atom is -0.489 e. The first-order valence-corrected chi connectivity index (χ1v) is 7.67. The maximum absolute atomic E-state index is 6.09. The molecule has 0 aromatic heterocycles. The van der Waals surface area contributed by atoms with Crippen molar-refractivity contribution in [1.29, 1.82) is 0 Å². The van der Waals surface area contributed by atoms with Crippen LogP contribution in [0.4, 0.5) is 0 Å². The second-order valence-corrected chi connectivity index (χ2v) is 5.99. The van der Waals surface area contributed by atoms with Gasteiger partial charge in [-0.1, -0.05) is 19.4 Å². The Kier molecular flexibility index (Phi) is 5.07. The molecule has 2 N–H and O–H groups in total. The van der Waals surface area contributed by atoms with Crippen LogP contribution in [0.15, 0.2) is 22.7 Å². The lowest BCUT2D eigenvalue weighted by Crippen LogP contribution is -2.24. The Morgan fingerprint density at radius 1 is 1.28 bits per heavy atom. The number of hydrogen-bond donors (Lipinski definition) is 1.